The molecule has 0 aliphatic carbocycles. The van der Waals surface area contributed by atoms with Crippen molar-refractivity contribution >= 4 is 40.6 Å². The summed E-state index contributed by atoms with van der Waals surface area (Å²) in [4.78, 5) is 41.7. The van der Waals surface area contributed by atoms with Crippen LogP contribution in [-0.2, 0) is 14.3 Å². The highest BCUT2D eigenvalue weighted by Gasteiger charge is 2.25. The summed E-state index contributed by atoms with van der Waals surface area (Å²) in [7, 11) is 0. The number of nitrogens with zero attached hydrogens (tertiary/aromatic N) is 7. The van der Waals surface area contributed by atoms with Crippen molar-refractivity contribution in [1.82, 2.24) is 29.6 Å². The molecule has 0 radical (unpaired) electrons. The molecule has 204 valence electrons. The molecule has 0 saturated carbocycles. The Kier molecular flexibility index (Phi) is 8.61. The van der Waals surface area contributed by atoms with Crippen molar-refractivity contribution in [2.75, 3.05) is 59.0 Å². The number of imidazole rings is 1. The summed E-state index contributed by atoms with van der Waals surface area (Å²) >= 11 is 0. The van der Waals surface area contributed by atoms with Crippen molar-refractivity contribution in [3.63, 3.8) is 0 Å². The number of amides is 2. The van der Waals surface area contributed by atoms with Crippen LogP contribution in [0.5, 0.6) is 0 Å². The van der Waals surface area contributed by atoms with Gasteiger partial charge in [-0.05, 0) is 19.1 Å². The molecule has 2 fully saturated rings. The number of carbonyl (C=O) groups excluding carboxylic acids is 2. The van der Waals surface area contributed by atoms with E-state index >= 15 is 0 Å². The number of hydrogen-bond donors (Lipinski definition) is 2. The number of morpholine rings is 1. The molecule has 14 heteroatoms. The molecule has 2 saturated heterocycles. The molecule has 0 atom stereocenters. The summed E-state index contributed by atoms with van der Waals surface area (Å²) in [5.74, 6) is -0.445. The lowest BCUT2D eigenvalue weighted by Gasteiger charge is -2.35. The number of carbonyl (C=O) groups is 2. The minimum atomic E-state index is -2.81. The fourth-order valence-electron chi connectivity index (χ4n) is 4.30. The zero-order chi connectivity index (χ0) is 27.2. The third-order valence-electron chi connectivity index (χ3n) is 6.29. The lowest BCUT2D eigenvalue weighted by atomic mass is 10.3. The highest BCUT2D eigenvalue weighted by molar-refractivity contribution is 6.03. The van der Waals surface area contributed by atoms with Gasteiger partial charge in [-0.3, -0.25) is 19.6 Å². The average Bonchev–Trinajstić information content (AvgIpc) is 3.32. The van der Waals surface area contributed by atoms with Gasteiger partial charge < -0.3 is 24.8 Å². The Morgan fingerprint density at radius 1 is 1.03 bits per heavy atom. The summed E-state index contributed by atoms with van der Waals surface area (Å²) in [6.07, 6.45) is -2.81. The highest BCUT2D eigenvalue weighted by Crippen LogP contribution is 2.24. The van der Waals surface area contributed by atoms with E-state index in [-0.39, 0.29) is 36.1 Å². The molecule has 0 unspecified atom stereocenters. The Balaban J connectivity index is 1.56. The molecule has 4 rings (SSSR count). The first-order valence-corrected chi connectivity index (χ1v) is 12.3. The Bertz CT molecular complexity index is 1250. The van der Waals surface area contributed by atoms with Gasteiger partial charge in [0.05, 0.1) is 30.8 Å². The Labute approximate surface area is 218 Å². The van der Waals surface area contributed by atoms with Crippen LogP contribution >= 0.6 is 0 Å². The van der Waals surface area contributed by atoms with Crippen molar-refractivity contribution < 1.29 is 23.1 Å². The summed E-state index contributed by atoms with van der Waals surface area (Å²) in [6, 6.07) is 6.85. The van der Waals surface area contributed by atoms with Crippen LogP contribution < -0.4 is 5.32 Å². The van der Waals surface area contributed by atoms with Crippen molar-refractivity contribution in [3.05, 3.63) is 30.1 Å². The van der Waals surface area contributed by atoms with Crippen molar-refractivity contribution in [1.29, 1.82) is 5.41 Å². The summed E-state index contributed by atoms with van der Waals surface area (Å²) in [5.41, 5.74) is 0.932. The van der Waals surface area contributed by atoms with Gasteiger partial charge in [-0.15, -0.1) is 0 Å². The smallest absolute Gasteiger partial charge is 0.296 e. The molecular formula is C24H31F2N9O3. The maximum absolute atomic E-state index is 13.9. The summed E-state index contributed by atoms with van der Waals surface area (Å²) in [5, 5.41) is 11.1. The molecule has 12 nitrogen and oxygen atoms in total. The third kappa shape index (κ3) is 6.30. The van der Waals surface area contributed by atoms with E-state index < -0.39 is 12.2 Å². The van der Waals surface area contributed by atoms with Crippen LogP contribution in [0.2, 0.25) is 0 Å². The first-order valence-electron chi connectivity index (χ1n) is 12.3. The molecular weight excluding hydrogens is 500 g/mol. The monoisotopic (exact) mass is 531 g/mol. The SMILES string of the molecule is CC(=O)NCC(=O)N1CCN(C(=N)/N=C(\N=C(/C)n2c(C(F)F)nc3ccccc32)N2CCOCC2)CC1. The first kappa shape index (κ1) is 27.1. The predicted octanol–water partition coefficient (Wildman–Crippen LogP) is 1.14. The number of aliphatic imine (C=N–C) groups is 2. The van der Waals surface area contributed by atoms with Crippen molar-refractivity contribution in [3.8, 4) is 0 Å². The second-order valence-corrected chi connectivity index (χ2v) is 8.87. The standard InChI is InChI=1S/C24H31F2N9O3/c1-16(35-19-6-4-3-5-18(19)30-22(35)21(25)26)29-24(34-11-13-38-14-12-34)31-23(27)33-9-7-32(8-10-33)20(37)15-28-17(2)36/h3-6,21,27H,7-15H2,1-2H3,(H,28,36)/b27-23?,29-16+,31-24+. The van der Waals surface area contributed by atoms with Gasteiger partial charge in [-0.25, -0.2) is 13.8 Å². The minimum Gasteiger partial charge on any atom is -0.378 e. The van der Waals surface area contributed by atoms with Crippen LogP contribution in [0.3, 0.4) is 0 Å². The second-order valence-electron chi connectivity index (χ2n) is 8.87. The Hall–Kier alpha value is -3.94. The van der Waals surface area contributed by atoms with E-state index in [0.717, 1.165) is 0 Å². The van der Waals surface area contributed by atoms with Crippen LogP contribution in [0.15, 0.2) is 34.3 Å². The molecule has 38 heavy (non-hydrogen) atoms. The number of alkyl halides is 2. The third-order valence-corrected chi connectivity index (χ3v) is 6.29. The Morgan fingerprint density at radius 3 is 2.34 bits per heavy atom. The fraction of sp³-hybridized carbons (Fsp3) is 0.500. The van der Waals surface area contributed by atoms with Crippen molar-refractivity contribution in [2.45, 2.75) is 20.3 Å². The number of halogens is 2. The van der Waals surface area contributed by atoms with E-state index in [9.17, 15) is 18.4 Å². The number of nitrogens with one attached hydrogen (secondary N) is 2. The number of hydrogen-bond acceptors (Lipinski definition) is 5. The van der Waals surface area contributed by atoms with Gasteiger partial charge in [-0.1, -0.05) is 12.1 Å². The zero-order valence-corrected chi connectivity index (χ0v) is 21.4. The van der Waals surface area contributed by atoms with E-state index in [1.165, 1.54) is 11.5 Å². The van der Waals surface area contributed by atoms with Crippen LogP contribution in [-0.4, -0.2) is 113 Å². The molecule has 1 aromatic carbocycles. The number of guanidine groups is 2. The average molecular weight is 532 g/mol. The lowest BCUT2D eigenvalue weighted by molar-refractivity contribution is -0.133. The number of fused-ring (bicyclic) bond motifs is 1. The fourth-order valence-corrected chi connectivity index (χ4v) is 4.30. The molecule has 2 aromatic rings. The molecule has 1 aromatic heterocycles. The van der Waals surface area contributed by atoms with Gasteiger partial charge in [0.25, 0.3) is 6.43 Å². The van der Waals surface area contributed by atoms with E-state index in [1.807, 2.05) is 4.90 Å². The largest absolute Gasteiger partial charge is 0.378 e. The van der Waals surface area contributed by atoms with E-state index in [1.54, 1.807) is 41.0 Å². The Morgan fingerprint density at radius 2 is 1.68 bits per heavy atom. The number of piperazine rings is 1. The first-order chi connectivity index (χ1) is 18.2. The van der Waals surface area contributed by atoms with E-state index in [0.29, 0.717) is 63.5 Å². The van der Waals surface area contributed by atoms with Gasteiger partial charge in [0, 0.05) is 46.2 Å². The number of rotatable bonds is 3. The zero-order valence-electron chi connectivity index (χ0n) is 21.4. The van der Waals surface area contributed by atoms with Crippen LogP contribution in [0, 0.1) is 5.41 Å². The van der Waals surface area contributed by atoms with Crippen LogP contribution in [0.1, 0.15) is 26.1 Å². The highest BCUT2D eigenvalue weighted by atomic mass is 19.3. The quantitative estimate of drug-likeness (QED) is 0.451. The molecule has 2 aliphatic rings. The molecule has 2 aliphatic heterocycles. The van der Waals surface area contributed by atoms with Crippen LogP contribution in [0.25, 0.3) is 11.0 Å². The van der Waals surface area contributed by atoms with E-state index in [2.05, 4.69) is 20.3 Å². The topological polar surface area (TPSA) is 132 Å². The van der Waals surface area contributed by atoms with Gasteiger partial charge in [0.15, 0.2) is 5.82 Å². The minimum absolute atomic E-state index is 0.0402. The number of aromatic nitrogens is 2. The number of para-hydroxylation sites is 2. The van der Waals surface area contributed by atoms with Gasteiger partial charge in [0.1, 0.15) is 5.84 Å². The molecule has 3 heterocycles. The van der Waals surface area contributed by atoms with Gasteiger partial charge in [0.2, 0.25) is 23.7 Å². The lowest BCUT2D eigenvalue weighted by Crippen LogP contribution is -2.52. The number of ether oxygens (including phenoxy) is 1. The molecule has 0 bridgehead atoms. The van der Waals surface area contributed by atoms with Crippen LogP contribution in [0.4, 0.5) is 8.78 Å². The van der Waals surface area contributed by atoms with Gasteiger partial charge in [-0.2, -0.15) is 9.98 Å². The maximum atomic E-state index is 13.9. The summed E-state index contributed by atoms with van der Waals surface area (Å²) < 4.78 is 34.5. The van der Waals surface area contributed by atoms with Crippen molar-refractivity contribution in [2.24, 2.45) is 9.98 Å². The normalized spacial score (nSPS) is 17.3. The maximum Gasteiger partial charge on any atom is 0.296 e. The summed E-state index contributed by atoms with van der Waals surface area (Å²) in [6.45, 7) is 6.30. The second kappa shape index (κ2) is 12.1. The molecule has 2 amide bonds. The number of benzene rings is 1. The van der Waals surface area contributed by atoms with E-state index in [4.69, 9.17) is 10.1 Å². The predicted molar refractivity (Wildman–Crippen MR) is 138 cm³/mol. The molecule has 2 N–H and O–H groups in total. The van der Waals surface area contributed by atoms with Gasteiger partial charge >= 0.3 is 0 Å². The molecule has 0 spiro atoms.